The number of aliphatic hydroxyl groups excluding tert-OH is 1. The molecule has 2 fully saturated rings. The monoisotopic (exact) mass is 229 g/mol. The molecule has 16 heavy (non-hydrogen) atoms. The SMILES string of the molecule is O=C(OCC1CCCCO1)[C@@H]1C[C@H](O)CN1. The maximum atomic E-state index is 11.6. The normalized spacial score (nSPS) is 34.9. The topological polar surface area (TPSA) is 67.8 Å². The molecule has 0 aromatic carbocycles. The minimum Gasteiger partial charge on any atom is -0.462 e. The molecule has 2 saturated heterocycles. The number of aliphatic hydroxyl groups is 1. The second-order valence-corrected chi connectivity index (χ2v) is 4.47. The van der Waals surface area contributed by atoms with Gasteiger partial charge in [-0.25, -0.2) is 0 Å². The quantitative estimate of drug-likeness (QED) is 0.657. The van der Waals surface area contributed by atoms with Crippen LogP contribution in [0.25, 0.3) is 0 Å². The molecule has 2 N–H and O–H groups in total. The third-order valence-corrected chi connectivity index (χ3v) is 3.08. The van der Waals surface area contributed by atoms with Crippen LogP contribution in [0.3, 0.4) is 0 Å². The molecule has 0 saturated carbocycles. The molecule has 2 rings (SSSR count). The molecule has 0 spiro atoms. The van der Waals surface area contributed by atoms with Gasteiger partial charge in [0.15, 0.2) is 0 Å². The Morgan fingerprint density at radius 1 is 1.50 bits per heavy atom. The van der Waals surface area contributed by atoms with Crippen LogP contribution in [-0.2, 0) is 14.3 Å². The maximum absolute atomic E-state index is 11.6. The zero-order valence-corrected chi connectivity index (χ0v) is 9.35. The van der Waals surface area contributed by atoms with Crippen molar-refractivity contribution in [3.8, 4) is 0 Å². The first-order chi connectivity index (χ1) is 7.75. The van der Waals surface area contributed by atoms with Crippen molar-refractivity contribution < 1.29 is 19.4 Å². The van der Waals surface area contributed by atoms with Crippen molar-refractivity contribution in [3.63, 3.8) is 0 Å². The number of carbonyl (C=O) groups excluding carboxylic acids is 1. The summed E-state index contributed by atoms with van der Waals surface area (Å²) in [5.74, 6) is -0.272. The Kier molecular flexibility index (Phi) is 4.15. The Morgan fingerprint density at radius 3 is 3.00 bits per heavy atom. The fraction of sp³-hybridized carbons (Fsp3) is 0.909. The lowest BCUT2D eigenvalue weighted by molar-refractivity contribution is -0.151. The van der Waals surface area contributed by atoms with Gasteiger partial charge in [-0.3, -0.25) is 4.79 Å². The summed E-state index contributed by atoms with van der Waals surface area (Å²) in [6.45, 7) is 1.58. The van der Waals surface area contributed by atoms with Crippen LogP contribution >= 0.6 is 0 Å². The average molecular weight is 229 g/mol. The van der Waals surface area contributed by atoms with Crippen molar-refractivity contribution >= 4 is 5.97 Å². The van der Waals surface area contributed by atoms with Crippen LogP contribution in [-0.4, -0.2) is 49.1 Å². The van der Waals surface area contributed by atoms with Gasteiger partial charge in [-0.1, -0.05) is 0 Å². The highest BCUT2D eigenvalue weighted by molar-refractivity contribution is 5.76. The van der Waals surface area contributed by atoms with Crippen LogP contribution in [0.5, 0.6) is 0 Å². The second-order valence-electron chi connectivity index (χ2n) is 4.47. The summed E-state index contributed by atoms with van der Waals surface area (Å²) in [5.41, 5.74) is 0. The van der Waals surface area contributed by atoms with Crippen LogP contribution in [0.4, 0.5) is 0 Å². The lowest BCUT2D eigenvalue weighted by atomic mass is 10.1. The second kappa shape index (κ2) is 5.61. The Labute approximate surface area is 95.1 Å². The highest BCUT2D eigenvalue weighted by atomic mass is 16.6. The first-order valence-electron chi connectivity index (χ1n) is 5.95. The fourth-order valence-corrected chi connectivity index (χ4v) is 2.11. The number of carbonyl (C=O) groups is 1. The predicted molar refractivity (Wildman–Crippen MR) is 57.0 cm³/mol. The Balaban J connectivity index is 1.67. The molecular formula is C11H19NO4. The molecule has 0 bridgehead atoms. The third-order valence-electron chi connectivity index (χ3n) is 3.08. The predicted octanol–water partition coefficient (Wildman–Crippen LogP) is -0.179. The van der Waals surface area contributed by atoms with Gasteiger partial charge in [0.05, 0.1) is 12.2 Å². The van der Waals surface area contributed by atoms with Crippen molar-refractivity contribution in [2.75, 3.05) is 19.8 Å². The Morgan fingerprint density at radius 2 is 2.38 bits per heavy atom. The van der Waals surface area contributed by atoms with Crippen molar-refractivity contribution in [2.24, 2.45) is 0 Å². The van der Waals surface area contributed by atoms with Crippen molar-refractivity contribution in [3.05, 3.63) is 0 Å². The largest absolute Gasteiger partial charge is 0.462 e. The zero-order valence-electron chi connectivity index (χ0n) is 9.35. The van der Waals surface area contributed by atoms with E-state index in [4.69, 9.17) is 9.47 Å². The van der Waals surface area contributed by atoms with Gasteiger partial charge in [0, 0.05) is 19.6 Å². The highest BCUT2D eigenvalue weighted by Gasteiger charge is 2.29. The first kappa shape index (κ1) is 11.8. The molecule has 0 radical (unpaired) electrons. The first-order valence-corrected chi connectivity index (χ1v) is 5.95. The number of esters is 1. The lowest BCUT2D eigenvalue weighted by Gasteiger charge is -2.22. The number of β-amino-alcohol motifs (C(OH)–C–C–N with tert-alkyl or cyclic N) is 1. The summed E-state index contributed by atoms with van der Waals surface area (Å²) >= 11 is 0. The molecule has 0 aliphatic carbocycles. The molecule has 2 aliphatic heterocycles. The van der Waals surface area contributed by atoms with E-state index in [1.54, 1.807) is 0 Å². The number of hydrogen-bond donors (Lipinski definition) is 2. The van der Waals surface area contributed by atoms with Gasteiger partial charge in [0.2, 0.25) is 0 Å². The molecule has 1 unspecified atom stereocenters. The van der Waals surface area contributed by atoms with Crippen LogP contribution in [0.15, 0.2) is 0 Å². The van der Waals surface area contributed by atoms with E-state index in [0.29, 0.717) is 19.6 Å². The average Bonchev–Trinajstić information content (AvgIpc) is 2.74. The standard InChI is InChI=1S/C11H19NO4/c13-8-5-10(12-6-8)11(14)16-7-9-3-1-2-4-15-9/h8-10,12-13H,1-7H2/t8-,9?,10-/m0/s1. The molecule has 0 aromatic rings. The summed E-state index contributed by atoms with van der Waals surface area (Å²) in [4.78, 5) is 11.6. The van der Waals surface area contributed by atoms with E-state index in [0.717, 1.165) is 25.9 Å². The molecule has 3 atom stereocenters. The van der Waals surface area contributed by atoms with E-state index in [2.05, 4.69) is 5.32 Å². The number of hydrogen-bond acceptors (Lipinski definition) is 5. The summed E-state index contributed by atoms with van der Waals surface area (Å²) in [6.07, 6.45) is 3.29. The summed E-state index contributed by atoms with van der Waals surface area (Å²) in [5, 5.41) is 12.2. The Bertz CT molecular complexity index is 240. The van der Waals surface area contributed by atoms with Crippen molar-refractivity contribution in [2.45, 2.75) is 43.9 Å². The van der Waals surface area contributed by atoms with Crippen molar-refractivity contribution in [1.82, 2.24) is 5.32 Å². The molecular weight excluding hydrogens is 210 g/mol. The smallest absolute Gasteiger partial charge is 0.323 e. The third kappa shape index (κ3) is 3.17. The Hall–Kier alpha value is -0.650. The minimum atomic E-state index is -0.427. The van der Waals surface area contributed by atoms with E-state index in [9.17, 15) is 9.90 Å². The molecule has 2 heterocycles. The van der Waals surface area contributed by atoms with Crippen LogP contribution in [0.2, 0.25) is 0 Å². The summed E-state index contributed by atoms with van der Waals surface area (Å²) < 4.78 is 10.6. The van der Waals surface area contributed by atoms with E-state index in [1.807, 2.05) is 0 Å². The number of rotatable bonds is 3. The molecule has 5 heteroatoms. The molecule has 2 aliphatic rings. The zero-order chi connectivity index (χ0) is 11.4. The molecule has 0 aromatic heterocycles. The number of ether oxygens (including phenoxy) is 2. The molecule has 0 amide bonds. The molecule has 5 nitrogen and oxygen atoms in total. The van der Waals surface area contributed by atoms with Crippen LogP contribution in [0.1, 0.15) is 25.7 Å². The summed E-state index contributed by atoms with van der Waals surface area (Å²) in [7, 11) is 0. The van der Waals surface area contributed by atoms with Crippen LogP contribution in [0, 0.1) is 0 Å². The van der Waals surface area contributed by atoms with E-state index < -0.39 is 6.10 Å². The lowest BCUT2D eigenvalue weighted by Crippen LogP contribution is -2.35. The van der Waals surface area contributed by atoms with Gasteiger partial charge in [0.1, 0.15) is 12.6 Å². The van der Waals surface area contributed by atoms with Crippen molar-refractivity contribution in [1.29, 1.82) is 0 Å². The van der Waals surface area contributed by atoms with Gasteiger partial charge in [0.25, 0.3) is 0 Å². The van der Waals surface area contributed by atoms with E-state index in [-0.39, 0.29) is 18.1 Å². The van der Waals surface area contributed by atoms with Gasteiger partial charge < -0.3 is 19.9 Å². The van der Waals surface area contributed by atoms with Gasteiger partial charge >= 0.3 is 5.97 Å². The van der Waals surface area contributed by atoms with E-state index in [1.165, 1.54) is 0 Å². The summed E-state index contributed by atoms with van der Waals surface area (Å²) in [6, 6.07) is -0.349. The van der Waals surface area contributed by atoms with Crippen LogP contribution < -0.4 is 5.32 Å². The van der Waals surface area contributed by atoms with Gasteiger partial charge in [-0.2, -0.15) is 0 Å². The highest BCUT2D eigenvalue weighted by Crippen LogP contribution is 2.14. The minimum absolute atomic E-state index is 0.0593. The van der Waals surface area contributed by atoms with Gasteiger partial charge in [-0.15, -0.1) is 0 Å². The number of nitrogens with one attached hydrogen (secondary N) is 1. The van der Waals surface area contributed by atoms with E-state index >= 15 is 0 Å². The fourth-order valence-electron chi connectivity index (χ4n) is 2.11. The maximum Gasteiger partial charge on any atom is 0.323 e. The van der Waals surface area contributed by atoms with Gasteiger partial charge in [-0.05, 0) is 19.3 Å². The molecule has 92 valence electrons.